The number of nitrogens with one attached hydrogen (secondary N) is 2. The number of hydrogen-bond donors (Lipinski definition) is 2. The number of nitrogens with zero attached hydrogens (tertiary/aromatic N) is 2. The summed E-state index contributed by atoms with van der Waals surface area (Å²) >= 11 is 0. The summed E-state index contributed by atoms with van der Waals surface area (Å²) in [7, 11) is 0. The van der Waals surface area contributed by atoms with Crippen LogP contribution in [0.5, 0.6) is 0 Å². The second kappa shape index (κ2) is 8.96. The molecule has 124 valence electrons. The molecule has 23 heavy (non-hydrogen) atoms. The summed E-state index contributed by atoms with van der Waals surface area (Å²) in [6, 6.07) is 12.8. The first-order valence-corrected chi connectivity index (χ1v) is 8.07. The molecule has 0 bridgehead atoms. The van der Waals surface area contributed by atoms with Crippen molar-refractivity contribution in [2.45, 2.75) is 25.8 Å². The lowest BCUT2D eigenvalue weighted by Gasteiger charge is -2.28. The zero-order chi connectivity index (χ0) is 15.2. The van der Waals surface area contributed by atoms with E-state index in [0.717, 1.165) is 38.6 Å². The van der Waals surface area contributed by atoms with Crippen LogP contribution >= 0.6 is 24.0 Å². The molecule has 0 saturated carbocycles. The fourth-order valence-electron chi connectivity index (χ4n) is 2.89. The minimum atomic E-state index is 0. The minimum absolute atomic E-state index is 0. The van der Waals surface area contributed by atoms with Crippen molar-refractivity contribution in [2.24, 2.45) is 4.99 Å². The van der Waals surface area contributed by atoms with Gasteiger partial charge < -0.3 is 15.2 Å². The van der Waals surface area contributed by atoms with Gasteiger partial charge in [0.05, 0.1) is 0 Å². The SMILES string of the molecule is CCNC(=NCC1Cc2ccccc21)NCCn1cccc1.I. The number of benzene rings is 1. The largest absolute Gasteiger partial charge is 0.357 e. The van der Waals surface area contributed by atoms with Crippen LogP contribution in [0.25, 0.3) is 0 Å². The molecular weight excluding hydrogens is 399 g/mol. The van der Waals surface area contributed by atoms with Crippen molar-refractivity contribution in [3.63, 3.8) is 0 Å². The van der Waals surface area contributed by atoms with Crippen molar-refractivity contribution in [1.82, 2.24) is 15.2 Å². The molecule has 0 fully saturated rings. The molecule has 1 aromatic carbocycles. The van der Waals surface area contributed by atoms with E-state index in [-0.39, 0.29) is 24.0 Å². The molecule has 0 amide bonds. The number of guanidine groups is 1. The summed E-state index contributed by atoms with van der Waals surface area (Å²) in [5, 5.41) is 6.72. The molecule has 1 heterocycles. The number of aromatic nitrogens is 1. The monoisotopic (exact) mass is 424 g/mol. The third-order valence-corrected chi connectivity index (χ3v) is 4.10. The third kappa shape index (κ3) is 4.73. The smallest absolute Gasteiger partial charge is 0.191 e. The molecular formula is C18H25IN4. The zero-order valence-electron chi connectivity index (χ0n) is 13.5. The van der Waals surface area contributed by atoms with Gasteiger partial charge in [0.15, 0.2) is 5.96 Å². The number of fused-ring (bicyclic) bond motifs is 1. The summed E-state index contributed by atoms with van der Waals surface area (Å²) in [6.45, 7) is 5.67. The predicted molar refractivity (Wildman–Crippen MR) is 107 cm³/mol. The highest BCUT2D eigenvalue weighted by Crippen LogP contribution is 2.34. The van der Waals surface area contributed by atoms with Gasteiger partial charge in [-0.15, -0.1) is 24.0 Å². The Kier molecular flexibility index (Phi) is 6.95. The van der Waals surface area contributed by atoms with Gasteiger partial charge >= 0.3 is 0 Å². The molecule has 0 saturated heterocycles. The number of rotatable bonds is 6. The van der Waals surface area contributed by atoms with E-state index in [2.05, 4.69) is 58.8 Å². The molecule has 1 unspecified atom stereocenters. The van der Waals surface area contributed by atoms with Crippen LogP contribution < -0.4 is 10.6 Å². The second-order valence-corrected chi connectivity index (χ2v) is 5.67. The van der Waals surface area contributed by atoms with Gasteiger partial charge in [-0.1, -0.05) is 24.3 Å². The normalized spacial score (nSPS) is 16.0. The van der Waals surface area contributed by atoms with E-state index in [1.54, 1.807) is 0 Å². The van der Waals surface area contributed by atoms with E-state index in [0.29, 0.717) is 5.92 Å². The van der Waals surface area contributed by atoms with E-state index in [1.165, 1.54) is 11.1 Å². The first-order valence-electron chi connectivity index (χ1n) is 8.07. The van der Waals surface area contributed by atoms with Gasteiger partial charge in [-0.05, 0) is 36.6 Å². The van der Waals surface area contributed by atoms with Gasteiger partial charge in [0, 0.05) is 44.5 Å². The maximum Gasteiger partial charge on any atom is 0.191 e. The summed E-state index contributed by atoms with van der Waals surface area (Å²) in [6.07, 6.45) is 5.32. The van der Waals surface area contributed by atoms with Crippen LogP contribution in [-0.4, -0.2) is 30.2 Å². The Balaban J connectivity index is 0.00000192. The van der Waals surface area contributed by atoms with Crippen molar-refractivity contribution in [2.75, 3.05) is 19.6 Å². The van der Waals surface area contributed by atoms with E-state index in [9.17, 15) is 0 Å². The van der Waals surface area contributed by atoms with Crippen LogP contribution in [-0.2, 0) is 13.0 Å². The molecule has 0 aliphatic heterocycles. The molecule has 1 atom stereocenters. The molecule has 3 rings (SSSR count). The van der Waals surface area contributed by atoms with Crippen molar-refractivity contribution >= 4 is 29.9 Å². The summed E-state index contributed by atoms with van der Waals surface area (Å²) in [4.78, 5) is 4.74. The van der Waals surface area contributed by atoms with Crippen LogP contribution in [0.1, 0.15) is 24.0 Å². The van der Waals surface area contributed by atoms with Gasteiger partial charge in [0.25, 0.3) is 0 Å². The highest BCUT2D eigenvalue weighted by molar-refractivity contribution is 14.0. The van der Waals surface area contributed by atoms with Gasteiger partial charge in [-0.25, -0.2) is 0 Å². The van der Waals surface area contributed by atoms with Crippen LogP contribution in [0.3, 0.4) is 0 Å². The maximum absolute atomic E-state index is 4.74. The Bertz CT molecular complexity index is 622. The lowest BCUT2D eigenvalue weighted by molar-refractivity contribution is 0.611. The molecule has 1 aliphatic rings. The van der Waals surface area contributed by atoms with Crippen LogP contribution in [0.15, 0.2) is 53.8 Å². The second-order valence-electron chi connectivity index (χ2n) is 5.67. The molecule has 1 aliphatic carbocycles. The summed E-state index contributed by atoms with van der Waals surface area (Å²) in [5.74, 6) is 1.50. The fraction of sp³-hybridized carbons (Fsp3) is 0.389. The molecule has 5 heteroatoms. The first kappa shape index (κ1) is 17.8. The predicted octanol–water partition coefficient (Wildman–Crippen LogP) is 3.00. The van der Waals surface area contributed by atoms with Gasteiger partial charge in [-0.3, -0.25) is 4.99 Å². The Morgan fingerprint density at radius 2 is 1.96 bits per heavy atom. The van der Waals surface area contributed by atoms with Crippen molar-refractivity contribution in [3.8, 4) is 0 Å². The van der Waals surface area contributed by atoms with Crippen LogP contribution in [0.2, 0.25) is 0 Å². The molecule has 4 nitrogen and oxygen atoms in total. The molecule has 0 spiro atoms. The Hall–Kier alpha value is -1.50. The van der Waals surface area contributed by atoms with E-state index in [1.807, 2.05) is 12.1 Å². The Labute approximate surface area is 155 Å². The van der Waals surface area contributed by atoms with Crippen molar-refractivity contribution in [1.29, 1.82) is 0 Å². The lowest BCUT2D eigenvalue weighted by atomic mass is 9.78. The quantitative estimate of drug-likeness (QED) is 0.426. The van der Waals surface area contributed by atoms with Crippen LogP contribution in [0.4, 0.5) is 0 Å². The molecule has 2 N–H and O–H groups in total. The van der Waals surface area contributed by atoms with Crippen molar-refractivity contribution in [3.05, 3.63) is 59.9 Å². The van der Waals surface area contributed by atoms with E-state index < -0.39 is 0 Å². The minimum Gasteiger partial charge on any atom is -0.357 e. The lowest BCUT2D eigenvalue weighted by Crippen LogP contribution is -2.39. The van der Waals surface area contributed by atoms with E-state index in [4.69, 9.17) is 4.99 Å². The maximum atomic E-state index is 4.74. The van der Waals surface area contributed by atoms with Crippen LogP contribution in [0, 0.1) is 0 Å². The molecule has 0 radical (unpaired) electrons. The number of halogens is 1. The first-order chi connectivity index (χ1) is 10.9. The average molecular weight is 424 g/mol. The van der Waals surface area contributed by atoms with E-state index >= 15 is 0 Å². The Morgan fingerprint density at radius 1 is 1.17 bits per heavy atom. The van der Waals surface area contributed by atoms with Gasteiger partial charge in [0.2, 0.25) is 0 Å². The Morgan fingerprint density at radius 3 is 2.70 bits per heavy atom. The summed E-state index contributed by atoms with van der Waals surface area (Å²) < 4.78 is 2.17. The zero-order valence-corrected chi connectivity index (χ0v) is 15.9. The molecule has 2 aromatic rings. The standard InChI is InChI=1S/C18H24N4.HI/c1-2-19-18(20-9-12-22-10-5-6-11-22)21-14-16-13-15-7-3-4-8-17(15)16;/h3-8,10-11,16H,2,9,12-14H2,1H3,(H2,19,20,21);1H. The van der Waals surface area contributed by atoms with Gasteiger partial charge in [-0.2, -0.15) is 0 Å². The van der Waals surface area contributed by atoms with Crippen molar-refractivity contribution < 1.29 is 0 Å². The highest BCUT2D eigenvalue weighted by atomic mass is 127. The third-order valence-electron chi connectivity index (χ3n) is 4.10. The highest BCUT2D eigenvalue weighted by Gasteiger charge is 2.24. The van der Waals surface area contributed by atoms with Gasteiger partial charge in [0.1, 0.15) is 0 Å². The average Bonchev–Trinajstić information content (AvgIpc) is 3.01. The fourth-order valence-corrected chi connectivity index (χ4v) is 2.89. The summed E-state index contributed by atoms with van der Waals surface area (Å²) in [5.41, 5.74) is 2.95. The molecule has 1 aromatic heterocycles. The number of hydrogen-bond acceptors (Lipinski definition) is 1. The topological polar surface area (TPSA) is 41.4 Å². The number of aliphatic imine (C=N–C) groups is 1.